The zero-order valence-corrected chi connectivity index (χ0v) is 18.4. The van der Waals surface area contributed by atoms with Crippen LogP contribution in [0.2, 0.25) is 0 Å². The van der Waals surface area contributed by atoms with E-state index in [4.69, 9.17) is 4.74 Å². The van der Waals surface area contributed by atoms with Gasteiger partial charge in [0.05, 0.1) is 13.2 Å². The first-order chi connectivity index (χ1) is 16.4. The van der Waals surface area contributed by atoms with E-state index in [1.165, 1.54) is 11.1 Å². The van der Waals surface area contributed by atoms with Crippen LogP contribution in [0.15, 0.2) is 54.7 Å². The Morgan fingerprint density at radius 3 is 2.71 bits per heavy atom. The third kappa shape index (κ3) is 5.41. The standard InChI is InChI=1S/C25H24F3N3O3/c26-21-9-6-18(24(27)25(21)28)15-30-16-19-14-20(8-5-17(19)7-10-23(30)32)34-13-3-11-29-22-4-1-2-12-31(22)33/h1-2,4-6,8-9,12,14,33H,3,7,10-11,13,15-16H2/p+1. The van der Waals surface area contributed by atoms with E-state index in [0.717, 1.165) is 28.0 Å². The lowest BCUT2D eigenvalue weighted by atomic mass is 10.0. The van der Waals surface area contributed by atoms with Crippen LogP contribution in [0.5, 0.6) is 5.75 Å². The molecule has 1 aromatic heterocycles. The Morgan fingerprint density at radius 2 is 1.88 bits per heavy atom. The van der Waals surface area contributed by atoms with Gasteiger partial charge in [0.25, 0.3) is 0 Å². The highest BCUT2D eigenvalue weighted by Gasteiger charge is 2.23. The van der Waals surface area contributed by atoms with Crippen molar-refractivity contribution in [1.82, 2.24) is 4.90 Å². The number of nitrogens with one attached hydrogen (secondary N) is 1. The molecule has 0 saturated heterocycles. The number of anilines is 1. The SMILES string of the molecule is O=C1CCc2ccc(OCCCNc3cccc[n+]3O)cc2CN1Cc1ccc(F)c(F)c1F. The molecule has 0 unspecified atom stereocenters. The molecule has 34 heavy (non-hydrogen) atoms. The number of carbonyl (C=O) groups excluding carboxylic acids is 1. The van der Waals surface area contributed by atoms with Crippen molar-refractivity contribution in [3.63, 3.8) is 0 Å². The second kappa shape index (κ2) is 10.5. The Hall–Kier alpha value is -3.75. The fraction of sp³-hybridized carbons (Fsp3) is 0.280. The Balaban J connectivity index is 1.37. The monoisotopic (exact) mass is 472 g/mol. The molecule has 4 rings (SSSR count). The van der Waals surface area contributed by atoms with Gasteiger partial charge in [0.15, 0.2) is 17.5 Å². The molecule has 1 aliphatic rings. The molecule has 0 fully saturated rings. The molecule has 9 heteroatoms. The van der Waals surface area contributed by atoms with Crippen LogP contribution in [0.3, 0.4) is 0 Å². The van der Waals surface area contributed by atoms with Crippen LogP contribution in [0.1, 0.15) is 29.5 Å². The van der Waals surface area contributed by atoms with Crippen molar-refractivity contribution in [3.8, 4) is 5.75 Å². The van der Waals surface area contributed by atoms with Gasteiger partial charge in [-0.05, 0) is 41.8 Å². The summed E-state index contributed by atoms with van der Waals surface area (Å²) in [5.41, 5.74) is 1.79. The predicted molar refractivity (Wildman–Crippen MR) is 118 cm³/mol. The van der Waals surface area contributed by atoms with E-state index in [1.54, 1.807) is 12.1 Å². The number of pyridine rings is 1. The van der Waals surface area contributed by atoms with Crippen LogP contribution in [0.25, 0.3) is 0 Å². The van der Waals surface area contributed by atoms with Crippen LogP contribution in [-0.2, 0) is 24.3 Å². The number of carbonyl (C=O) groups is 1. The highest BCUT2D eigenvalue weighted by molar-refractivity contribution is 5.77. The topological polar surface area (TPSA) is 65.7 Å². The quantitative estimate of drug-likeness (QED) is 0.225. The molecule has 0 saturated carbocycles. The number of aryl methyl sites for hydroxylation is 1. The van der Waals surface area contributed by atoms with Crippen LogP contribution in [-0.4, -0.2) is 29.2 Å². The average Bonchev–Trinajstić information content (AvgIpc) is 2.98. The first-order valence-corrected chi connectivity index (χ1v) is 11.0. The number of aromatic nitrogens is 1. The number of halogens is 3. The summed E-state index contributed by atoms with van der Waals surface area (Å²) in [6, 6.07) is 12.9. The molecule has 0 atom stereocenters. The lowest BCUT2D eigenvalue weighted by molar-refractivity contribution is -0.893. The number of amides is 1. The lowest BCUT2D eigenvalue weighted by Crippen LogP contribution is -2.33. The summed E-state index contributed by atoms with van der Waals surface area (Å²) >= 11 is 0. The fourth-order valence-corrected chi connectivity index (χ4v) is 3.87. The minimum atomic E-state index is -1.54. The third-order valence-corrected chi connectivity index (χ3v) is 5.71. The molecule has 0 radical (unpaired) electrons. The Labute approximate surface area is 195 Å². The zero-order chi connectivity index (χ0) is 24.1. The van der Waals surface area contributed by atoms with Gasteiger partial charge < -0.3 is 14.8 Å². The van der Waals surface area contributed by atoms with Gasteiger partial charge >= 0.3 is 5.82 Å². The minimum Gasteiger partial charge on any atom is -0.493 e. The van der Waals surface area contributed by atoms with Crippen LogP contribution < -0.4 is 14.8 Å². The van der Waals surface area contributed by atoms with E-state index in [1.807, 2.05) is 24.3 Å². The first kappa shape index (κ1) is 23.4. The highest BCUT2D eigenvalue weighted by Crippen LogP contribution is 2.26. The number of fused-ring (bicyclic) bond motifs is 1. The number of benzene rings is 2. The van der Waals surface area contributed by atoms with Crippen LogP contribution in [0, 0.1) is 17.5 Å². The molecule has 2 N–H and O–H groups in total. The second-order valence-corrected chi connectivity index (χ2v) is 8.07. The number of nitrogens with zero attached hydrogens (tertiary/aromatic N) is 2. The summed E-state index contributed by atoms with van der Waals surface area (Å²) in [4.78, 5) is 14.0. The van der Waals surface area contributed by atoms with E-state index in [0.29, 0.717) is 37.6 Å². The van der Waals surface area contributed by atoms with Gasteiger partial charge in [0.2, 0.25) is 5.91 Å². The van der Waals surface area contributed by atoms with Crippen molar-refractivity contribution in [2.24, 2.45) is 0 Å². The summed E-state index contributed by atoms with van der Waals surface area (Å²) in [5.74, 6) is -3.03. The molecule has 6 nitrogen and oxygen atoms in total. The van der Waals surface area contributed by atoms with Gasteiger partial charge in [-0.3, -0.25) is 10.1 Å². The zero-order valence-electron chi connectivity index (χ0n) is 18.4. The highest BCUT2D eigenvalue weighted by atomic mass is 19.2. The van der Waals surface area contributed by atoms with E-state index < -0.39 is 17.5 Å². The normalized spacial score (nSPS) is 13.4. The molecule has 1 aliphatic heterocycles. The third-order valence-electron chi connectivity index (χ3n) is 5.71. The molecular weight excluding hydrogens is 447 g/mol. The molecule has 1 amide bonds. The predicted octanol–water partition coefficient (Wildman–Crippen LogP) is 3.98. The molecule has 178 valence electrons. The number of rotatable bonds is 8. The Morgan fingerprint density at radius 1 is 1.03 bits per heavy atom. The molecule has 0 aliphatic carbocycles. The van der Waals surface area contributed by atoms with Gasteiger partial charge in [0, 0.05) is 37.6 Å². The molecule has 3 aromatic rings. The molecule has 2 heterocycles. The molecule has 0 bridgehead atoms. The maximum Gasteiger partial charge on any atom is 0.313 e. The van der Waals surface area contributed by atoms with Crippen molar-refractivity contribution in [2.75, 3.05) is 18.5 Å². The number of hydrogen-bond donors (Lipinski definition) is 2. The van der Waals surface area contributed by atoms with Gasteiger partial charge in [-0.15, -0.1) is 0 Å². The Kier molecular flexibility index (Phi) is 7.20. The average molecular weight is 472 g/mol. The van der Waals surface area contributed by atoms with Gasteiger partial charge in [-0.2, -0.15) is 0 Å². The Bertz CT molecular complexity index is 1190. The largest absolute Gasteiger partial charge is 0.493 e. The summed E-state index contributed by atoms with van der Waals surface area (Å²) in [6.07, 6.45) is 3.00. The van der Waals surface area contributed by atoms with Crippen molar-refractivity contribution < 1.29 is 32.6 Å². The van der Waals surface area contributed by atoms with Gasteiger partial charge in [-0.25, -0.2) is 13.2 Å². The summed E-state index contributed by atoms with van der Waals surface area (Å²) in [6.45, 7) is 1.10. The number of ether oxygens (including phenoxy) is 1. The smallest absolute Gasteiger partial charge is 0.313 e. The summed E-state index contributed by atoms with van der Waals surface area (Å²) in [7, 11) is 0. The minimum absolute atomic E-state index is 0.0711. The summed E-state index contributed by atoms with van der Waals surface area (Å²) < 4.78 is 47.9. The van der Waals surface area contributed by atoms with E-state index >= 15 is 0 Å². The molecule has 0 spiro atoms. The van der Waals surface area contributed by atoms with Crippen molar-refractivity contribution in [2.45, 2.75) is 32.4 Å². The van der Waals surface area contributed by atoms with E-state index in [-0.39, 0.29) is 31.0 Å². The van der Waals surface area contributed by atoms with Crippen LogP contribution in [0.4, 0.5) is 19.0 Å². The fourth-order valence-electron chi connectivity index (χ4n) is 3.87. The lowest BCUT2D eigenvalue weighted by Gasteiger charge is -2.22. The van der Waals surface area contributed by atoms with E-state index in [2.05, 4.69) is 5.32 Å². The first-order valence-electron chi connectivity index (χ1n) is 11.0. The maximum atomic E-state index is 14.1. The van der Waals surface area contributed by atoms with E-state index in [9.17, 15) is 23.2 Å². The summed E-state index contributed by atoms with van der Waals surface area (Å²) in [5, 5.41) is 12.8. The molecular formula is C25H25F3N3O3+. The van der Waals surface area contributed by atoms with Crippen molar-refractivity contribution >= 4 is 11.7 Å². The second-order valence-electron chi connectivity index (χ2n) is 8.07. The molecule has 2 aromatic carbocycles. The van der Waals surface area contributed by atoms with Crippen molar-refractivity contribution in [3.05, 3.63) is 88.9 Å². The maximum absolute atomic E-state index is 14.1. The van der Waals surface area contributed by atoms with Crippen molar-refractivity contribution in [1.29, 1.82) is 0 Å². The van der Waals surface area contributed by atoms with Gasteiger partial charge in [-0.1, -0.05) is 22.9 Å². The van der Waals surface area contributed by atoms with Crippen LogP contribution >= 0.6 is 0 Å². The number of hydrogen-bond acceptors (Lipinski definition) is 4. The van der Waals surface area contributed by atoms with Gasteiger partial charge in [0.1, 0.15) is 11.9 Å².